The number of likely N-dealkylation sites (N-methyl/N-ethyl adjacent to an activating group) is 1. The average Bonchev–Trinajstić information content (AvgIpc) is 2.35. The fourth-order valence-electron chi connectivity index (χ4n) is 1.88. The number of nitrogens with one attached hydrogen (secondary N) is 1. The number of carbonyl (C=O) groups is 2. The van der Waals surface area contributed by atoms with Crippen molar-refractivity contribution in [3.63, 3.8) is 0 Å². The van der Waals surface area contributed by atoms with E-state index in [1.807, 2.05) is 26.2 Å². The molecular formula is C14H16N2O2. The minimum atomic E-state index is -0.457. The Balaban J connectivity index is 2.22. The third kappa shape index (κ3) is 2.49. The molecule has 1 aliphatic rings. The van der Waals surface area contributed by atoms with Crippen LogP contribution in [-0.4, -0.2) is 43.7 Å². The van der Waals surface area contributed by atoms with E-state index in [4.69, 9.17) is 0 Å². The largest absolute Gasteiger partial charge is 0.383 e. The molecule has 1 aromatic rings. The average molecular weight is 244 g/mol. The number of hydrogen-bond donors (Lipinski definition) is 1. The second-order valence-corrected chi connectivity index (χ2v) is 4.53. The first-order valence-electron chi connectivity index (χ1n) is 5.88. The molecule has 0 saturated heterocycles. The lowest BCUT2D eigenvalue weighted by Gasteiger charge is -2.18. The summed E-state index contributed by atoms with van der Waals surface area (Å²) < 4.78 is 0. The monoisotopic (exact) mass is 244 g/mol. The second-order valence-electron chi connectivity index (χ2n) is 4.53. The van der Waals surface area contributed by atoms with Gasteiger partial charge >= 0.3 is 0 Å². The molecule has 0 atom stereocenters. The van der Waals surface area contributed by atoms with Crippen molar-refractivity contribution >= 4 is 17.3 Å². The van der Waals surface area contributed by atoms with E-state index in [0.29, 0.717) is 5.56 Å². The Labute approximate surface area is 106 Å². The molecule has 0 unspecified atom stereocenters. The van der Waals surface area contributed by atoms with Crippen LogP contribution >= 0.6 is 0 Å². The van der Waals surface area contributed by atoms with E-state index >= 15 is 0 Å². The van der Waals surface area contributed by atoms with Crippen LogP contribution in [0.25, 0.3) is 5.70 Å². The van der Waals surface area contributed by atoms with Gasteiger partial charge in [-0.3, -0.25) is 9.59 Å². The molecule has 2 rings (SSSR count). The van der Waals surface area contributed by atoms with Crippen molar-refractivity contribution in [1.82, 2.24) is 10.2 Å². The molecule has 1 aliphatic carbocycles. The molecular weight excluding hydrogens is 228 g/mol. The number of benzene rings is 1. The zero-order valence-corrected chi connectivity index (χ0v) is 10.6. The van der Waals surface area contributed by atoms with Crippen LogP contribution < -0.4 is 5.32 Å². The highest BCUT2D eigenvalue weighted by Gasteiger charge is 2.24. The Morgan fingerprint density at radius 2 is 1.78 bits per heavy atom. The summed E-state index contributed by atoms with van der Waals surface area (Å²) in [5.74, 6) is -0.884. The summed E-state index contributed by atoms with van der Waals surface area (Å²) >= 11 is 0. The Hall–Kier alpha value is -1.94. The molecule has 4 heteroatoms. The van der Waals surface area contributed by atoms with Crippen molar-refractivity contribution < 1.29 is 9.59 Å². The summed E-state index contributed by atoms with van der Waals surface area (Å²) in [6.45, 7) is 1.59. The first-order valence-corrected chi connectivity index (χ1v) is 5.88. The van der Waals surface area contributed by atoms with Crippen molar-refractivity contribution in [1.29, 1.82) is 0 Å². The maximum atomic E-state index is 11.7. The molecule has 0 radical (unpaired) electrons. The van der Waals surface area contributed by atoms with Gasteiger partial charge in [-0.1, -0.05) is 24.3 Å². The van der Waals surface area contributed by atoms with E-state index < -0.39 is 11.6 Å². The first-order chi connectivity index (χ1) is 8.59. The lowest BCUT2D eigenvalue weighted by molar-refractivity contribution is -0.111. The minimum absolute atomic E-state index is 0.427. The van der Waals surface area contributed by atoms with Gasteiger partial charge in [-0.15, -0.1) is 0 Å². The molecule has 1 N–H and O–H groups in total. The van der Waals surface area contributed by atoms with Gasteiger partial charge in [-0.05, 0) is 14.1 Å². The number of nitrogens with zero attached hydrogens (tertiary/aromatic N) is 1. The van der Waals surface area contributed by atoms with E-state index in [9.17, 15) is 9.59 Å². The van der Waals surface area contributed by atoms with Gasteiger partial charge in [0.15, 0.2) is 0 Å². The van der Waals surface area contributed by atoms with E-state index in [2.05, 4.69) is 10.2 Å². The van der Waals surface area contributed by atoms with Gasteiger partial charge in [0, 0.05) is 36.0 Å². The highest BCUT2D eigenvalue weighted by molar-refractivity contribution is 6.50. The van der Waals surface area contributed by atoms with E-state index in [1.54, 1.807) is 12.1 Å². The summed E-state index contributed by atoms with van der Waals surface area (Å²) in [6.07, 6.45) is 1.39. The molecule has 0 saturated carbocycles. The Morgan fingerprint density at radius 1 is 1.11 bits per heavy atom. The summed E-state index contributed by atoms with van der Waals surface area (Å²) in [4.78, 5) is 25.4. The van der Waals surface area contributed by atoms with Gasteiger partial charge in [-0.25, -0.2) is 0 Å². The molecule has 1 aromatic carbocycles. The van der Waals surface area contributed by atoms with E-state index in [0.717, 1.165) is 24.4 Å². The number of carbonyl (C=O) groups excluding carboxylic acids is 2. The second kappa shape index (κ2) is 5.14. The Morgan fingerprint density at radius 3 is 2.44 bits per heavy atom. The predicted octanol–water partition coefficient (Wildman–Crippen LogP) is 0.944. The molecule has 0 aliphatic heterocycles. The topological polar surface area (TPSA) is 49.4 Å². The van der Waals surface area contributed by atoms with Crippen molar-refractivity contribution in [3.8, 4) is 0 Å². The summed E-state index contributed by atoms with van der Waals surface area (Å²) in [6, 6.07) is 7.18. The predicted molar refractivity (Wildman–Crippen MR) is 70.3 cm³/mol. The maximum absolute atomic E-state index is 11.7. The highest BCUT2D eigenvalue weighted by atomic mass is 16.2. The van der Waals surface area contributed by atoms with Gasteiger partial charge in [-0.2, -0.15) is 0 Å². The van der Waals surface area contributed by atoms with Crippen molar-refractivity contribution in [2.75, 3.05) is 27.2 Å². The molecule has 0 amide bonds. The van der Waals surface area contributed by atoms with Crippen LogP contribution in [0.2, 0.25) is 0 Å². The number of allylic oxidation sites excluding steroid dienone is 1. The fraction of sp³-hybridized carbons (Fsp3) is 0.286. The first kappa shape index (κ1) is 12.5. The number of ketones is 2. The van der Waals surface area contributed by atoms with Gasteiger partial charge in [0.1, 0.15) is 0 Å². The molecule has 94 valence electrons. The lowest BCUT2D eigenvalue weighted by Crippen LogP contribution is -2.29. The number of fused-ring (bicyclic) bond motifs is 1. The van der Waals surface area contributed by atoms with Crippen LogP contribution in [0, 0.1) is 0 Å². The number of rotatable bonds is 4. The van der Waals surface area contributed by atoms with Crippen molar-refractivity contribution in [2.45, 2.75) is 0 Å². The summed E-state index contributed by atoms with van der Waals surface area (Å²) in [5, 5.41) is 3.21. The SMILES string of the molecule is CN(C)CCNC1=CC(=O)C(=O)c2ccccc21. The Kier molecular flexibility index (Phi) is 3.58. The third-order valence-electron chi connectivity index (χ3n) is 2.84. The standard InChI is InChI=1S/C14H16N2O2/c1-16(2)8-7-15-12-9-13(17)14(18)11-6-4-3-5-10(11)12/h3-6,9,15H,7-8H2,1-2H3. The normalized spacial score (nSPS) is 14.5. The van der Waals surface area contributed by atoms with Crippen LogP contribution in [0.3, 0.4) is 0 Å². The molecule has 0 heterocycles. The van der Waals surface area contributed by atoms with Crippen LogP contribution in [0.4, 0.5) is 0 Å². The van der Waals surface area contributed by atoms with Crippen LogP contribution in [0.15, 0.2) is 30.3 Å². The van der Waals surface area contributed by atoms with E-state index in [1.165, 1.54) is 6.08 Å². The maximum Gasteiger partial charge on any atom is 0.233 e. The highest BCUT2D eigenvalue weighted by Crippen LogP contribution is 2.22. The van der Waals surface area contributed by atoms with Gasteiger partial charge in [0.05, 0.1) is 0 Å². The van der Waals surface area contributed by atoms with Crippen molar-refractivity contribution in [2.24, 2.45) is 0 Å². The van der Waals surface area contributed by atoms with Gasteiger partial charge < -0.3 is 10.2 Å². The fourth-order valence-corrected chi connectivity index (χ4v) is 1.88. The van der Waals surface area contributed by atoms with Gasteiger partial charge in [0.2, 0.25) is 11.6 Å². The zero-order valence-electron chi connectivity index (χ0n) is 10.6. The van der Waals surface area contributed by atoms with E-state index in [-0.39, 0.29) is 0 Å². The number of hydrogen-bond acceptors (Lipinski definition) is 4. The smallest absolute Gasteiger partial charge is 0.233 e. The summed E-state index contributed by atoms with van der Waals surface area (Å²) in [7, 11) is 3.97. The molecule has 18 heavy (non-hydrogen) atoms. The molecule has 0 bridgehead atoms. The van der Waals surface area contributed by atoms with Gasteiger partial charge in [0.25, 0.3) is 0 Å². The molecule has 4 nitrogen and oxygen atoms in total. The Bertz CT molecular complexity index is 518. The van der Waals surface area contributed by atoms with Crippen LogP contribution in [0.5, 0.6) is 0 Å². The number of Topliss-reactive ketones (excluding diaryl/α,β-unsaturated/α-hetero) is 1. The summed E-state index contributed by atoms with van der Waals surface area (Å²) in [5.41, 5.74) is 2.02. The molecule has 0 spiro atoms. The quantitative estimate of drug-likeness (QED) is 0.801. The molecule has 0 fully saturated rings. The van der Waals surface area contributed by atoms with Crippen LogP contribution in [0.1, 0.15) is 15.9 Å². The third-order valence-corrected chi connectivity index (χ3v) is 2.84. The minimum Gasteiger partial charge on any atom is -0.383 e. The molecule has 0 aromatic heterocycles. The van der Waals surface area contributed by atoms with Crippen LogP contribution in [-0.2, 0) is 4.79 Å². The lowest BCUT2D eigenvalue weighted by atomic mass is 9.93. The van der Waals surface area contributed by atoms with Crippen molar-refractivity contribution in [3.05, 3.63) is 41.5 Å². The zero-order chi connectivity index (χ0) is 13.1.